The first kappa shape index (κ1) is 10.0. The zero-order valence-electron chi connectivity index (χ0n) is 9.67. The highest BCUT2D eigenvalue weighted by molar-refractivity contribution is 5.59. The summed E-state index contributed by atoms with van der Waals surface area (Å²) in [7, 11) is 0. The highest BCUT2D eigenvalue weighted by atomic mass is 15.0. The third-order valence-corrected chi connectivity index (χ3v) is 2.94. The Hall–Kier alpha value is -2.16. The Kier molecular flexibility index (Phi) is 2.37. The molecule has 1 aromatic carbocycles. The first-order valence-corrected chi connectivity index (χ1v) is 5.75. The highest BCUT2D eigenvalue weighted by Gasteiger charge is 2.01. The van der Waals surface area contributed by atoms with Gasteiger partial charge in [0.25, 0.3) is 0 Å². The van der Waals surface area contributed by atoms with Crippen molar-refractivity contribution < 1.29 is 0 Å². The largest absolute Gasteiger partial charge is 0.304 e. The molecule has 3 heteroatoms. The molecule has 0 amide bonds. The van der Waals surface area contributed by atoms with Crippen LogP contribution in [0.4, 0.5) is 0 Å². The number of benzene rings is 1. The lowest BCUT2D eigenvalue weighted by molar-refractivity contribution is 1.12. The summed E-state index contributed by atoms with van der Waals surface area (Å²) < 4.78 is 1.98. The third kappa shape index (κ3) is 1.80. The van der Waals surface area contributed by atoms with Crippen molar-refractivity contribution in [1.82, 2.24) is 14.4 Å². The number of hydrogen-bond acceptors (Lipinski definition) is 2. The molecule has 0 N–H and O–H groups in total. The van der Waals surface area contributed by atoms with Crippen LogP contribution in [-0.2, 0) is 6.42 Å². The van der Waals surface area contributed by atoms with Crippen LogP contribution >= 0.6 is 0 Å². The third-order valence-electron chi connectivity index (χ3n) is 2.94. The Bertz CT molecular complexity index is 638. The quantitative estimate of drug-likeness (QED) is 0.668. The lowest BCUT2D eigenvalue weighted by Crippen LogP contribution is -1.90. The monoisotopic (exact) mass is 223 g/mol. The minimum atomic E-state index is 0.874. The van der Waals surface area contributed by atoms with E-state index in [-0.39, 0.29) is 0 Å². The maximum absolute atomic E-state index is 4.42. The molecule has 2 heterocycles. The van der Waals surface area contributed by atoms with Crippen molar-refractivity contribution in [2.75, 3.05) is 0 Å². The highest BCUT2D eigenvalue weighted by Crippen LogP contribution is 2.17. The predicted molar refractivity (Wildman–Crippen MR) is 67.8 cm³/mol. The second-order valence-electron chi connectivity index (χ2n) is 4.02. The van der Waals surface area contributed by atoms with E-state index < -0.39 is 0 Å². The molecule has 3 nitrogen and oxygen atoms in total. The normalized spacial score (nSPS) is 10.9. The first-order valence-electron chi connectivity index (χ1n) is 5.75. The van der Waals surface area contributed by atoms with E-state index in [1.54, 1.807) is 12.4 Å². The number of fused-ring (bicyclic) bond motifs is 1. The molecule has 0 radical (unpaired) electrons. The number of aromatic nitrogens is 3. The minimum absolute atomic E-state index is 0.874. The molecule has 0 aliphatic carbocycles. The second kappa shape index (κ2) is 4.01. The zero-order chi connectivity index (χ0) is 11.7. The molecule has 0 bridgehead atoms. The number of imidazole rings is 1. The van der Waals surface area contributed by atoms with Crippen LogP contribution in [0.2, 0.25) is 0 Å². The summed E-state index contributed by atoms with van der Waals surface area (Å²) in [5.41, 5.74) is 4.33. The van der Waals surface area contributed by atoms with Gasteiger partial charge in [0.05, 0.1) is 11.9 Å². The fourth-order valence-electron chi connectivity index (χ4n) is 1.89. The maximum atomic E-state index is 4.42. The fourth-order valence-corrected chi connectivity index (χ4v) is 1.89. The zero-order valence-corrected chi connectivity index (χ0v) is 9.67. The molecular weight excluding hydrogens is 210 g/mol. The summed E-state index contributed by atoms with van der Waals surface area (Å²) in [6.07, 6.45) is 8.57. The summed E-state index contributed by atoms with van der Waals surface area (Å²) in [6.45, 7) is 2.16. The van der Waals surface area contributed by atoms with Crippen LogP contribution in [0.1, 0.15) is 12.5 Å². The van der Waals surface area contributed by atoms with Crippen molar-refractivity contribution in [3.05, 3.63) is 54.6 Å². The Labute approximate surface area is 99.8 Å². The Balaban J connectivity index is 2.06. The van der Waals surface area contributed by atoms with Gasteiger partial charge in [0, 0.05) is 24.2 Å². The average Bonchev–Trinajstić information content (AvgIpc) is 2.86. The number of hydrogen-bond donors (Lipinski definition) is 0. The van der Waals surface area contributed by atoms with Gasteiger partial charge in [-0.2, -0.15) is 0 Å². The number of aryl methyl sites for hydroxylation is 1. The van der Waals surface area contributed by atoms with Gasteiger partial charge in [-0.05, 0) is 12.0 Å². The van der Waals surface area contributed by atoms with Crippen molar-refractivity contribution in [2.45, 2.75) is 13.3 Å². The van der Waals surface area contributed by atoms with Crippen LogP contribution in [-0.4, -0.2) is 14.4 Å². The van der Waals surface area contributed by atoms with Gasteiger partial charge in [-0.15, -0.1) is 0 Å². The van der Waals surface area contributed by atoms with Gasteiger partial charge in [-0.3, -0.25) is 4.98 Å². The Morgan fingerprint density at radius 1 is 1.12 bits per heavy atom. The van der Waals surface area contributed by atoms with Crippen molar-refractivity contribution in [3.8, 4) is 11.3 Å². The second-order valence-corrected chi connectivity index (χ2v) is 4.02. The Morgan fingerprint density at radius 2 is 1.94 bits per heavy atom. The molecule has 0 saturated heterocycles. The summed E-state index contributed by atoms with van der Waals surface area (Å²) in [4.78, 5) is 8.60. The molecule has 0 spiro atoms. The molecule has 0 saturated carbocycles. The van der Waals surface area contributed by atoms with Gasteiger partial charge < -0.3 is 4.40 Å². The van der Waals surface area contributed by atoms with E-state index >= 15 is 0 Å². The van der Waals surface area contributed by atoms with E-state index in [1.165, 1.54) is 5.56 Å². The molecule has 0 atom stereocenters. The topological polar surface area (TPSA) is 30.2 Å². The molecule has 0 aliphatic rings. The summed E-state index contributed by atoms with van der Waals surface area (Å²) in [6, 6.07) is 8.53. The predicted octanol–water partition coefficient (Wildman–Crippen LogP) is 2.96. The SMILES string of the molecule is CCc1ccc(-c2cn3ccnc3cn2)cc1. The summed E-state index contributed by atoms with van der Waals surface area (Å²) in [5.74, 6) is 0. The number of nitrogens with zero attached hydrogens (tertiary/aromatic N) is 3. The van der Waals surface area contributed by atoms with Crippen LogP contribution in [0.3, 0.4) is 0 Å². The van der Waals surface area contributed by atoms with E-state index in [0.29, 0.717) is 0 Å². The molecule has 2 aromatic heterocycles. The van der Waals surface area contributed by atoms with Gasteiger partial charge in [0.15, 0.2) is 5.65 Å². The van der Waals surface area contributed by atoms with Gasteiger partial charge in [-0.1, -0.05) is 31.2 Å². The van der Waals surface area contributed by atoms with Crippen molar-refractivity contribution in [3.63, 3.8) is 0 Å². The molecule has 0 aliphatic heterocycles. The van der Waals surface area contributed by atoms with Crippen LogP contribution in [0, 0.1) is 0 Å². The van der Waals surface area contributed by atoms with Gasteiger partial charge in [0.1, 0.15) is 0 Å². The molecule has 3 rings (SSSR count). The minimum Gasteiger partial charge on any atom is -0.304 e. The van der Waals surface area contributed by atoms with Gasteiger partial charge >= 0.3 is 0 Å². The molecule has 17 heavy (non-hydrogen) atoms. The van der Waals surface area contributed by atoms with Crippen LogP contribution in [0.5, 0.6) is 0 Å². The molecule has 0 fully saturated rings. The van der Waals surface area contributed by atoms with Crippen LogP contribution in [0.15, 0.2) is 49.1 Å². The average molecular weight is 223 g/mol. The number of rotatable bonds is 2. The van der Waals surface area contributed by atoms with E-state index in [0.717, 1.165) is 23.3 Å². The summed E-state index contributed by atoms with van der Waals surface area (Å²) >= 11 is 0. The maximum Gasteiger partial charge on any atom is 0.155 e. The standard InChI is InChI=1S/C14H13N3/c1-2-11-3-5-12(6-4-11)13-10-17-8-7-15-14(17)9-16-13/h3-10H,2H2,1H3. The fraction of sp³-hybridized carbons (Fsp3) is 0.143. The lowest BCUT2D eigenvalue weighted by Gasteiger charge is -2.03. The van der Waals surface area contributed by atoms with E-state index in [1.807, 2.05) is 16.8 Å². The van der Waals surface area contributed by atoms with Crippen molar-refractivity contribution >= 4 is 5.65 Å². The molecule has 0 unspecified atom stereocenters. The first-order chi connectivity index (χ1) is 8.36. The Morgan fingerprint density at radius 3 is 2.71 bits per heavy atom. The lowest BCUT2D eigenvalue weighted by atomic mass is 10.1. The van der Waals surface area contributed by atoms with E-state index in [2.05, 4.69) is 41.2 Å². The van der Waals surface area contributed by atoms with Gasteiger partial charge in [0.2, 0.25) is 0 Å². The van der Waals surface area contributed by atoms with Crippen LogP contribution in [0.25, 0.3) is 16.9 Å². The van der Waals surface area contributed by atoms with E-state index in [9.17, 15) is 0 Å². The molecule has 84 valence electrons. The van der Waals surface area contributed by atoms with Crippen molar-refractivity contribution in [1.29, 1.82) is 0 Å². The van der Waals surface area contributed by atoms with Crippen molar-refractivity contribution in [2.24, 2.45) is 0 Å². The molecule has 3 aromatic rings. The van der Waals surface area contributed by atoms with E-state index in [4.69, 9.17) is 0 Å². The van der Waals surface area contributed by atoms with Gasteiger partial charge in [-0.25, -0.2) is 4.98 Å². The summed E-state index contributed by atoms with van der Waals surface area (Å²) in [5, 5.41) is 0. The molecular formula is C14H13N3. The smallest absolute Gasteiger partial charge is 0.155 e. The van der Waals surface area contributed by atoms with Crippen LogP contribution < -0.4 is 0 Å².